The number of carbonyl (C=O) groups excluding carboxylic acids is 2. The molecule has 160 valence electrons. The van der Waals surface area contributed by atoms with Gasteiger partial charge in [0.1, 0.15) is 17.1 Å². The van der Waals surface area contributed by atoms with E-state index in [0.717, 1.165) is 4.57 Å². The lowest BCUT2D eigenvalue weighted by atomic mass is 10.1. The predicted molar refractivity (Wildman–Crippen MR) is 115 cm³/mol. The summed E-state index contributed by atoms with van der Waals surface area (Å²) in [6.45, 7) is 0. The largest absolute Gasteiger partial charge is 0.506 e. The number of nitrogens with one attached hydrogen (secondary N) is 1. The molecule has 32 heavy (non-hydrogen) atoms. The molecule has 2 aromatic carbocycles. The Morgan fingerprint density at radius 3 is 2.41 bits per heavy atom. The van der Waals surface area contributed by atoms with Crippen LogP contribution in [0.1, 0.15) is 20.7 Å². The molecule has 9 heteroatoms. The van der Waals surface area contributed by atoms with E-state index in [4.69, 9.17) is 0 Å². The second kappa shape index (κ2) is 8.31. The number of esters is 1. The van der Waals surface area contributed by atoms with Crippen LogP contribution in [-0.4, -0.2) is 33.6 Å². The van der Waals surface area contributed by atoms with E-state index in [0.29, 0.717) is 5.69 Å². The maximum atomic E-state index is 13.4. The van der Waals surface area contributed by atoms with Crippen LogP contribution < -0.4 is 10.9 Å². The Hall–Kier alpha value is -4.53. The Morgan fingerprint density at radius 1 is 1.06 bits per heavy atom. The number of nitrogens with zero attached hydrogens (tertiary/aromatic N) is 2. The van der Waals surface area contributed by atoms with Gasteiger partial charge in [-0.05, 0) is 60.7 Å². The fourth-order valence-corrected chi connectivity index (χ4v) is 3.24. The third-order valence-corrected chi connectivity index (χ3v) is 4.78. The number of halogens is 1. The summed E-state index contributed by atoms with van der Waals surface area (Å²) in [7, 11) is 1.25. The first-order valence-corrected chi connectivity index (χ1v) is 9.39. The summed E-state index contributed by atoms with van der Waals surface area (Å²) in [5, 5.41) is 13.4. The number of pyridine rings is 2. The van der Waals surface area contributed by atoms with Crippen molar-refractivity contribution in [1.82, 2.24) is 9.55 Å². The lowest BCUT2D eigenvalue weighted by molar-refractivity contribution is 0.0600. The average molecular weight is 433 g/mol. The van der Waals surface area contributed by atoms with Crippen LogP contribution in [0, 0.1) is 5.82 Å². The van der Waals surface area contributed by atoms with E-state index in [1.165, 1.54) is 67.9 Å². The summed E-state index contributed by atoms with van der Waals surface area (Å²) in [6.07, 6.45) is 1.43. The third-order valence-electron chi connectivity index (χ3n) is 4.78. The molecule has 0 spiro atoms. The highest BCUT2D eigenvalue weighted by Gasteiger charge is 2.24. The Bertz CT molecular complexity index is 1400. The van der Waals surface area contributed by atoms with Crippen LogP contribution in [0.4, 0.5) is 10.1 Å². The van der Waals surface area contributed by atoms with Gasteiger partial charge in [0.2, 0.25) is 0 Å². The summed E-state index contributed by atoms with van der Waals surface area (Å²) in [5.41, 5.74) is -0.377. The van der Waals surface area contributed by atoms with Crippen LogP contribution in [0.3, 0.4) is 0 Å². The molecule has 0 unspecified atom stereocenters. The number of amides is 1. The second-order valence-electron chi connectivity index (χ2n) is 6.74. The molecule has 0 aliphatic rings. The van der Waals surface area contributed by atoms with E-state index in [9.17, 15) is 23.9 Å². The lowest BCUT2D eigenvalue weighted by Crippen LogP contribution is -2.29. The van der Waals surface area contributed by atoms with E-state index < -0.39 is 34.6 Å². The number of aromatic hydroxyl groups is 1. The van der Waals surface area contributed by atoms with Gasteiger partial charge in [-0.15, -0.1) is 0 Å². The molecule has 0 saturated heterocycles. The van der Waals surface area contributed by atoms with Gasteiger partial charge in [-0.25, -0.2) is 14.2 Å². The van der Waals surface area contributed by atoms with Gasteiger partial charge in [0, 0.05) is 11.9 Å². The molecule has 2 aromatic heterocycles. The van der Waals surface area contributed by atoms with Gasteiger partial charge in [-0.2, -0.15) is 0 Å². The van der Waals surface area contributed by atoms with Crippen LogP contribution in [0.2, 0.25) is 0 Å². The van der Waals surface area contributed by atoms with E-state index >= 15 is 0 Å². The van der Waals surface area contributed by atoms with Gasteiger partial charge in [-0.1, -0.05) is 0 Å². The molecule has 0 aliphatic heterocycles. The SMILES string of the molecule is COC(=O)c1ccc(NC(=O)c2c(O)c3cccnc3n(-c3ccc(F)cc3)c2=O)cc1. The molecule has 4 aromatic rings. The van der Waals surface area contributed by atoms with Gasteiger partial charge in [-0.3, -0.25) is 14.2 Å². The first kappa shape index (κ1) is 20.7. The molecular formula is C23H16FN3O5. The number of anilines is 1. The van der Waals surface area contributed by atoms with Crippen LogP contribution in [0.25, 0.3) is 16.7 Å². The van der Waals surface area contributed by atoms with Crippen molar-refractivity contribution in [3.63, 3.8) is 0 Å². The molecule has 0 atom stereocenters. The molecule has 2 heterocycles. The molecule has 0 radical (unpaired) electrons. The number of methoxy groups -OCH3 is 1. The topological polar surface area (TPSA) is 111 Å². The zero-order valence-electron chi connectivity index (χ0n) is 16.7. The summed E-state index contributed by atoms with van der Waals surface area (Å²) >= 11 is 0. The van der Waals surface area contributed by atoms with Gasteiger partial charge in [0.05, 0.1) is 23.7 Å². The fraction of sp³-hybridized carbons (Fsp3) is 0.0435. The van der Waals surface area contributed by atoms with Crippen LogP contribution in [0.5, 0.6) is 5.75 Å². The number of carbonyl (C=O) groups is 2. The number of aromatic nitrogens is 2. The van der Waals surface area contributed by atoms with Crippen LogP contribution in [0.15, 0.2) is 71.7 Å². The van der Waals surface area contributed by atoms with Crippen molar-refractivity contribution in [2.24, 2.45) is 0 Å². The number of benzene rings is 2. The first-order valence-electron chi connectivity index (χ1n) is 9.39. The van der Waals surface area contributed by atoms with Gasteiger partial charge in [0.15, 0.2) is 5.65 Å². The molecule has 0 aliphatic carbocycles. The van der Waals surface area contributed by atoms with Crippen molar-refractivity contribution in [3.05, 3.63) is 94.2 Å². The lowest BCUT2D eigenvalue weighted by Gasteiger charge is -2.14. The molecule has 0 saturated carbocycles. The minimum atomic E-state index is -0.861. The van der Waals surface area contributed by atoms with Gasteiger partial charge < -0.3 is 15.2 Å². The summed E-state index contributed by atoms with van der Waals surface area (Å²) in [6, 6.07) is 14.0. The highest BCUT2D eigenvalue weighted by molar-refractivity contribution is 6.09. The zero-order valence-corrected chi connectivity index (χ0v) is 16.7. The average Bonchev–Trinajstić information content (AvgIpc) is 2.80. The minimum absolute atomic E-state index is 0.112. The van der Waals surface area contributed by atoms with Crippen molar-refractivity contribution in [2.45, 2.75) is 0 Å². The highest BCUT2D eigenvalue weighted by atomic mass is 19.1. The number of ether oxygens (including phenoxy) is 1. The van der Waals surface area contributed by atoms with Crippen molar-refractivity contribution in [2.75, 3.05) is 12.4 Å². The minimum Gasteiger partial charge on any atom is -0.506 e. The monoisotopic (exact) mass is 433 g/mol. The van der Waals surface area contributed by atoms with Gasteiger partial charge >= 0.3 is 5.97 Å². The van der Waals surface area contributed by atoms with E-state index in [1.54, 1.807) is 6.07 Å². The van der Waals surface area contributed by atoms with E-state index in [-0.39, 0.29) is 22.3 Å². The number of hydrogen-bond acceptors (Lipinski definition) is 6. The standard InChI is InChI=1S/C23H16FN3O5/c1-32-23(31)13-4-8-15(9-5-13)26-21(29)18-19(28)17-3-2-12-25-20(17)27(22(18)30)16-10-6-14(24)7-11-16/h2-12,28H,1H3,(H,26,29). The Morgan fingerprint density at radius 2 is 1.75 bits per heavy atom. The molecule has 2 N–H and O–H groups in total. The van der Waals surface area contributed by atoms with Crippen molar-refractivity contribution in [1.29, 1.82) is 0 Å². The number of rotatable bonds is 4. The highest BCUT2D eigenvalue weighted by Crippen LogP contribution is 2.27. The summed E-state index contributed by atoms with van der Waals surface area (Å²) in [5.74, 6) is -2.42. The van der Waals surface area contributed by atoms with Crippen LogP contribution >= 0.6 is 0 Å². The van der Waals surface area contributed by atoms with Crippen molar-refractivity contribution >= 4 is 28.6 Å². The Balaban J connectivity index is 1.82. The normalized spacial score (nSPS) is 10.7. The quantitative estimate of drug-likeness (QED) is 0.478. The second-order valence-corrected chi connectivity index (χ2v) is 6.74. The summed E-state index contributed by atoms with van der Waals surface area (Å²) in [4.78, 5) is 41.9. The Labute approximate surface area is 180 Å². The molecular weight excluding hydrogens is 417 g/mol. The van der Waals surface area contributed by atoms with E-state index in [2.05, 4.69) is 15.0 Å². The maximum Gasteiger partial charge on any atom is 0.337 e. The number of fused-ring (bicyclic) bond motifs is 1. The fourth-order valence-electron chi connectivity index (χ4n) is 3.24. The van der Waals surface area contributed by atoms with E-state index in [1.807, 2.05) is 0 Å². The zero-order chi connectivity index (χ0) is 22.8. The van der Waals surface area contributed by atoms with Crippen LogP contribution in [-0.2, 0) is 4.74 Å². The third kappa shape index (κ3) is 3.67. The Kier molecular flexibility index (Phi) is 5.38. The molecule has 0 fully saturated rings. The van der Waals surface area contributed by atoms with Gasteiger partial charge in [0.25, 0.3) is 11.5 Å². The maximum absolute atomic E-state index is 13.4. The predicted octanol–water partition coefficient (Wildman–Crippen LogP) is 3.27. The molecule has 1 amide bonds. The number of hydrogen-bond donors (Lipinski definition) is 2. The first-order chi connectivity index (χ1) is 15.4. The van der Waals surface area contributed by atoms with Crippen molar-refractivity contribution in [3.8, 4) is 11.4 Å². The summed E-state index contributed by atoms with van der Waals surface area (Å²) < 4.78 is 19.2. The smallest absolute Gasteiger partial charge is 0.337 e. The van der Waals surface area contributed by atoms with Crippen molar-refractivity contribution < 1.29 is 23.8 Å². The molecule has 8 nitrogen and oxygen atoms in total. The molecule has 0 bridgehead atoms. The molecule has 4 rings (SSSR count).